The molecule has 0 aromatic heterocycles. The zero-order valence-corrected chi connectivity index (χ0v) is 10.4. The van der Waals surface area contributed by atoms with E-state index in [-0.39, 0.29) is 12.4 Å². The number of ether oxygens (including phenoxy) is 2. The quantitative estimate of drug-likeness (QED) is 0.891. The Hall–Kier alpha value is -1.00. The third-order valence-corrected chi connectivity index (χ3v) is 2.23. The lowest BCUT2D eigenvalue weighted by molar-refractivity contribution is 0.362. The minimum atomic E-state index is -0.713. The van der Waals surface area contributed by atoms with Crippen molar-refractivity contribution in [3.05, 3.63) is 23.3 Å². The third-order valence-electron chi connectivity index (χ3n) is 2.23. The summed E-state index contributed by atoms with van der Waals surface area (Å²) < 4.78 is 22.9. The Labute approximate surface area is 101 Å². The van der Waals surface area contributed by atoms with Gasteiger partial charge in [0.15, 0.2) is 0 Å². The van der Waals surface area contributed by atoms with Gasteiger partial charge < -0.3 is 15.2 Å². The Morgan fingerprint density at radius 2 is 1.69 bits per heavy atom. The molecule has 0 aliphatic carbocycles. The second-order valence-corrected chi connectivity index (χ2v) is 3.34. The van der Waals surface area contributed by atoms with E-state index in [1.165, 1.54) is 14.2 Å². The number of nitrogens with two attached hydrogens (primary N) is 1. The van der Waals surface area contributed by atoms with Crippen molar-refractivity contribution in [1.29, 1.82) is 0 Å². The van der Waals surface area contributed by atoms with Crippen LogP contribution in [-0.4, -0.2) is 20.9 Å². The van der Waals surface area contributed by atoms with Crippen LogP contribution in [0.5, 0.6) is 11.5 Å². The summed E-state index contributed by atoms with van der Waals surface area (Å²) in [6.07, 6.45) is 0. The van der Waals surface area contributed by atoms with Crippen LogP contribution in [0.25, 0.3) is 0 Å². The van der Waals surface area contributed by atoms with Crippen molar-refractivity contribution >= 4 is 12.4 Å². The summed E-state index contributed by atoms with van der Waals surface area (Å²) in [5, 5.41) is 0. The van der Waals surface area contributed by atoms with Crippen LogP contribution in [0, 0.1) is 6.92 Å². The molecular formula is C11H17ClFNO2. The summed E-state index contributed by atoms with van der Waals surface area (Å²) in [6, 6.07) is 2.91. The Balaban J connectivity index is 0.00000225. The summed E-state index contributed by atoms with van der Waals surface area (Å²) in [5.41, 5.74) is 7.22. The van der Waals surface area contributed by atoms with Gasteiger partial charge in [0.05, 0.1) is 25.8 Å². The molecule has 16 heavy (non-hydrogen) atoms. The molecule has 0 amide bonds. The first-order valence-electron chi connectivity index (χ1n) is 4.68. The van der Waals surface area contributed by atoms with E-state index in [4.69, 9.17) is 15.2 Å². The van der Waals surface area contributed by atoms with Gasteiger partial charge in [-0.15, -0.1) is 12.4 Å². The van der Waals surface area contributed by atoms with E-state index < -0.39 is 12.7 Å². The molecule has 0 aliphatic heterocycles. The molecule has 1 atom stereocenters. The van der Waals surface area contributed by atoms with Gasteiger partial charge in [-0.25, -0.2) is 4.39 Å². The van der Waals surface area contributed by atoms with Gasteiger partial charge >= 0.3 is 0 Å². The molecule has 2 N–H and O–H groups in total. The molecule has 3 nitrogen and oxygen atoms in total. The van der Waals surface area contributed by atoms with Crippen molar-refractivity contribution in [3.63, 3.8) is 0 Å². The summed E-state index contributed by atoms with van der Waals surface area (Å²) in [7, 11) is 3.06. The number of hydrogen-bond acceptors (Lipinski definition) is 3. The monoisotopic (exact) mass is 249 g/mol. The number of rotatable bonds is 4. The maximum absolute atomic E-state index is 12.6. The standard InChI is InChI=1S/C11H16FNO2.ClH/c1-7-4-9(14-2)11(8(13)6-12)10(5-7)15-3;/h4-5,8H,6,13H2,1-3H3;1H/t8-;/m0./s1. The van der Waals surface area contributed by atoms with E-state index in [9.17, 15) is 4.39 Å². The van der Waals surface area contributed by atoms with Crippen molar-refractivity contribution in [3.8, 4) is 11.5 Å². The summed E-state index contributed by atoms with van der Waals surface area (Å²) >= 11 is 0. The highest BCUT2D eigenvalue weighted by atomic mass is 35.5. The summed E-state index contributed by atoms with van der Waals surface area (Å²) in [5.74, 6) is 1.13. The first-order valence-corrected chi connectivity index (χ1v) is 4.68. The SMILES string of the molecule is COc1cc(C)cc(OC)c1[C@@H](N)CF.Cl. The van der Waals surface area contributed by atoms with Gasteiger partial charge in [0.1, 0.15) is 18.2 Å². The number of hydrogen-bond donors (Lipinski definition) is 1. The number of halogens is 2. The lowest BCUT2D eigenvalue weighted by Crippen LogP contribution is -2.15. The van der Waals surface area contributed by atoms with Crippen LogP contribution in [0.2, 0.25) is 0 Å². The predicted molar refractivity (Wildman–Crippen MR) is 64.4 cm³/mol. The van der Waals surface area contributed by atoms with E-state index in [0.29, 0.717) is 17.1 Å². The van der Waals surface area contributed by atoms with E-state index in [0.717, 1.165) is 5.56 Å². The first kappa shape index (κ1) is 15.0. The molecule has 0 aliphatic rings. The van der Waals surface area contributed by atoms with Crippen LogP contribution < -0.4 is 15.2 Å². The van der Waals surface area contributed by atoms with Gasteiger partial charge in [0.2, 0.25) is 0 Å². The second kappa shape index (κ2) is 6.55. The molecule has 92 valence electrons. The highest BCUT2D eigenvalue weighted by Gasteiger charge is 2.18. The van der Waals surface area contributed by atoms with Gasteiger partial charge in [-0.2, -0.15) is 0 Å². The number of benzene rings is 1. The van der Waals surface area contributed by atoms with Gasteiger partial charge in [-0.1, -0.05) is 0 Å². The maximum atomic E-state index is 12.6. The van der Waals surface area contributed by atoms with Gasteiger partial charge in [-0.05, 0) is 24.6 Å². The largest absolute Gasteiger partial charge is 0.496 e. The fourth-order valence-corrected chi connectivity index (χ4v) is 1.51. The van der Waals surface area contributed by atoms with Crippen molar-refractivity contribution in [1.82, 2.24) is 0 Å². The predicted octanol–water partition coefficient (Wildman–Crippen LogP) is 2.40. The smallest absolute Gasteiger partial charge is 0.127 e. The second-order valence-electron chi connectivity index (χ2n) is 3.34. The van der Waals surface area contributed by atoms with E-state index in [1.54, 1.807) is 0 Å². The number of alkyl halides is 1. The zero-order valence-electron chi connectivity index (χ0n) is 9.62. The first-order chi connectivity index (χ1) is 7.13. The number of aryl methyl sites for hydroxylation is 1. The van der Waals surface area contributed by atoms with E-state index >= 15 is 0 Å². The van der Waals surface area contributed by atoms with Crippen LogP contribution in [0.4, 0.5) is 4.39 Å². The van der Waals surface area contributed by atoms with Crippen LogP contribution in [0.3, 0.4) is 0 Å². The van der Waals surface area contributed by atoms with Crippen LogP contribution >= 0.6 is 12.4 Å². The topological polar surface area (TPSA) is 44.5 Å². The highest BCUT2D eigenvalue weighted by molar-refractivity contribution is 5.85. The lowest BCUT2D eigenvalue weighted by atomic mass is 10.0. The zero-order chi connectivity index (χ0) is 11.4. The van der Waals surface area contributed by atoms with Crippen molar-refractivity contribution < 1.29 is 13.9 Å². The fraction of sp³-hybridized carbons (Fsp3) is 0.455. The fourth-order valence-electron chi connectivity index (χ4n) is 1.51. The molecule has 1 rings (SSSR count). The summed E-state index contributed by atoms with van der Waals surface area (Å²) in [4.78, 5) is 0. The molecular weight excluding hydrogens is 233 g/mol. The Morgan fingerprint density at radius 1 is 1.25 bits per heavy atom. The van der Waals surface area contributed by atoms with Gasteiger partial charge in [-0.3, -0.25) is 0 Å². The molecule has 0 spiro atoms. The molecule has 1 aromatic rings. The van der Waals surface area contributed by atoms with Gasteiger partial charge in [0.25, 0.3) is 0 Å². The van der Waals surface area contributed by atoms with Crippen LogP contribution in [0.15, 0.2) is 12.1 Å². The Kier molecular flexibility index (Phi) is 6.14. The Bertz CT molecular complexity index is 322. The maximum Gasteiger partial charge on any atom is 0.127 e. The van der Waals surface area contributed by atoms with Gasteiger partial charge in [0, 0.05) is 0 Å². The molecule has 0 radical (unpaired) electrons. The van der Waals surface area contributed by atoms with Crippen molar-refractivity contribution in [2.24, 2.45) is 5.73 Å². The average Bonchev–Trinajstić information content (AvgIpc) is 2.26. The molecule has 1 aromatic carbocycles. The van der Waals surface area contributed by atoms with Crippen molar-refractivity contribution in [2.75, 3.05) is 20.9 Å². The normalized spacial score (nSPS) is 11.6. The lowest BCUT2D eigenvalue weighted by Gasteiger charge is -2.17. The van der Waals surface area contributed by atoms with E-state index in [1.807, 2.05) is 19.1 Å². The summed E-state index contributed by atoms with van der Waals surface area (Å²) in [6.45, 7) is 1.27. The minimum absolute atomic E-state index is 0. The minimum Gasteiger partial charge on any atom is -0.496 e. The molecule has 0 saturated carbocycles. The average molecular weight is 250 g/mol. The highest BCUT2D eigenvalue weighted by Crippen LogP contribution is 2.34. The molecule has 0 fully saturated rings. The van der Waals surface area contributed by atoms with E-state index in [2.05, 4.69) is 0 Å². The molecule has 0 bridgehead atoms. The molecule has 0 saturated heterocycles. The van der Waals surface area contributed by atoms with Crippen LogP contribution in [-0.2, 0) is 0 Å². The molecule has 5 heteroatoms. The Morgan fingerprint density at radius 3 is 2.00 bits per heavy atom. The van der Waals surface area contributed by atoms with Crippen LogP contribution in [0.1, 0.15) is 17.2 Å². The third kappa shape index (κ3) is 3.00. The van der Waals surface area contributed by atoms with Crippen molar-refractivity contribution in [2.45, 2.75) is 13.0 Å². The molecule has 0 unspecified atom stereocenters. The number of methoxy groups -OCH3 is 2. The molecule has 0 heterocycles.